The van der Waals surface area contributed by atoms with Crippen LogP contribution in [0.15, 0.2) is 0 Å². The fraction of sp³-hybridized carbons (Fsp3) is 0.833. The van der Waals surface area contributed by atoms with E-state index >= 15 is 0 Å². The summed E-state index contributed by atoms with van der Waals surface area (Å²) >= 11 is 0. The molecule has 0 radical (unpaired) electrons. The van der Waals surface area contributed by atoms with Crippen molar-refractivity contribution in [3.05, 3.63) is 0 Å². The highest BCUT2D eigenvalue weighted by atomic mass is 16.5. The van der Waals surface area contributed by atoms with Crippen molar-refractivity contribution in [1.29, 1.82) is 10.5 Å². The van der Waals surface area contributed by atoms with Crippen LogP contribution in [0.25, 0.3) is 0 Å². The topological polar surface area (TPSA) is 73.9 Å². The summed E-state index contributed by atoms with van der Waals surface area (Å²) in [6.07, 6.45) is 0.990. The second-order valence-corrected chi connectivity index (χ2v) is 5.82. The minimum absolute atomic E-state index is 0.131. The van der Waals surface area contributed by atoms with E-state index in [9.17, 15) is 4.79 Å². The quantitative estimate of drug-likeness (QED) is 0.659. The maximum atomic E-state index is 10.6. The van der Waals surface area contributed by atoms with Crippen LogP contribution in [0.2, 0.25) is 0 Å². The van der Waals surface area contributed by atoms with E-state index in [0.717, 1.165) is 6.42 Å². The Morgan fingerprint density at radius 1 is 1.00 bits per heavy atom. The summed E-state index contributed by atoms with van der Waals surface area (Å²) in [5, 5.41) is 16.9. The summed E-state index contributed by atoms with van der Waals surface area (Å²) in [4.78, 5) is 10.6. The largest absolute Gasteiger partial charge is 0.468 e. The Morgan fingerprint density at radius 3 is 1.45 bits per heavy atom. The molecule has 0 fully saturated rings. The van der Waals surface area contributed by atoms with Gasteiger partial charge in [-0.05, 0) is 40.0 Å². The van der Waals surface area contributed by atoms with E-state index in [4.69, 9.17) is 10.5 Å². The van der Waals surface area contributed by atoms with Crippen molar-refractivity contribution in [2.45, 2.75) is 75.7 Å². The van der Waals surface area contributed by atoms with Crippen LogP contribution in [0.4, 0.5) is 0 Å². The van der Waals surface area contributed by atoms with Gasteiger partial charge < -0.3 is 4.74 Å². The maximum absolute atomic E-state index is 10.6. The maximum Gasteiger partial charge on any atom is 0.325 e. The molecule has 0 aliphatic heterocycles. The van der Waals surface area contributed by atoms with Gasteiger partial charge in [0.15, 0.2) is 0 Å². The van der Waals surface area contributed by atoms with Crippen molar-refractivity contribution < 1.29 is 9.53 Å². The predicted octanol–water partition coefficient (Wildman–Crippen LogP) is 5.34. The van der Waals surface area contributed by atoms with E-state index in [-0.39, 0.29) is 5.41 Å². The number of carbonyl (C=O) groups is 1. The predicted molar refractivity (Wildman–Crippen MR) is 93.0 cm³/mol. The second-order valence-electron chi connectivity index (χ2n) is 5.82. The molecule has 0 spiro atoms. The normalized spacial score (nSPS) is 9.36. The molecule has 0 amide bonds. The van der Waals surface area contributed by atoms with Gasteiger partial charge in [0, 0.05) is 0 Å². The van der Waals surface area contributed by atoms with Crippen molar-refractivity contribution in [3.8, 4) is 12.1 Å². The molecule has 130 valence electrons. The van der Waals surface area contributed by atoms with Crippen LogP contribution in [0.5, 0.6) is 0 Å². The lowest BCUT2D eigenvalue weighted by Gasteiger charge is -2.16. The van der Waals surface area contributed by atoms with E-state index in [1.54, 1.807) is 0 Å². The molecule has 0 aromatic carbocycles. The summed E-state index contributed by atoms with van der Waals surface area (Å²) in [7, 11) is 1.27. The number of carbonyl (C=O) groups excluding carboxylic acids is 1. The molecular weight excluding hydrogens is 276 g/mol. The minimum Gasteiger partial charge on any atom is -0.468 e. The van der Waals surface area contributed by atoms with Crippen LogP contribution >= 0.6 is 0 Å². The van der Waals surface area contributed by atoms with E-state index in [1.807, 2.05) is 47.6 Å². The molecule has 22 heavy (non-hydrogen) atoms. The highest BCUT2D eigenvalue weighted by Crippen LogP contribution is 2.23. The van der Waals surface area contributed by atoms with Crippen LogP contribution in [0.3, 0.4) is 0 Å². The monoisotopic (exact) mass is 312 g/mol. The summed E-state index contributed by atoms with van der Waals surface area (Å²) in [5.41, 5.74) is -1.14. The lowest BCUT2D eigenvalue weighted by atomic mass is 9.86. The molecule has 0 heterocycles. The molecular formula is C18H36N2O2. The third-order valence-electron chi connectivity index (χ3n) is 2.20. The van der Waals surface area contributed by atoms with Crippen LogP contribution < -0.4 is 0 Å². The zero-order chi connectivity index (χ0) is 19.0. The second kappa shape index (κ2) is 15.8. The van der Waals surface area contributed by atoms with Crippen LogP contribution in [0, 0.1) is 39.4 Å². The molecule has 0 bridgehead atoms. The van der Waals surface area contributed by atoms with E-state index in [1.165, 1.54) is 21.0 Å². The van der Waals surface area contributed by atoms with Gasteiger partial charge in [0.1, 0.15) is 5.41 Å². The Hall–Kier alpha value is -1.55. The Labute approximate surface area is 138 Å². The van der Waals surface area contributed by atoms with E-state index in [2.05, 4.69) is 24.7 Å². The molecule has 0 atom stereocenters. The standard InChI is InChI=1S/C8H15N.C6H9NO2.2C2H6/c1-7(2)5-8(3,4)6-9;1-6(2,4-7)5(8)9-3;2*1-2/h7H,5H2,1-4H3;1-3H3;2*1-2H3. The Kier molecular flexibility index (Phi) is 20.6. The van der Waals surface area contributed by atoms with Gasteiger partial charge in [-0.2, -0.15) is 10.5 Å². The Bertz CT molecular complexity index is 345. The summed E-state index contributed by atoms with van der Waals surface area (Å²) < 4.78 is 4.34. The van der Waals surface area contributed by atoms with Crippen LogP contribution in [-0.4, -0.2) is 13.1 Å². The molecule has 0 saturated heterocycles. The number of hydrogen-bond acceptors (Lipinski definition) is 4. The highest BCUT2D eigenvalue weighted by Gasteiger charge is 2.27. The SMILES string of the molecule is CC.CC.CC(C)CC(C)(C)C#N.COC(=O)C(C)(C)C#N. The van der Waals surface area contributed by atoms with Gasteiger partial charge in [-0.15, -0.1) is 0 Å². The average Bonchev–Trinajstić information content (AvgIpc) is 2.49. The first-order valence-corrected chi connectivity index (χ1v) is 7.93. The van der Waals surface area contributed by atoms with Crippen molar-refractivity contribution >= 4 is 5.97 Å². The highest BCUT2D eigenvalue weighted by molar-refractivity contribution is 5.78. The van der Waals surface area contributed by atoms with Gasteiger partial charge in [0.25, 0.3) is 0 Å². The van der Waals surface area contributed by atoms with Crippen molar-refractivity contribution in [2.75, 3.05) is 7.11 Å². The third-order valence-corrected chi connectivity index (χ3v) is 2.20. The molecule has 0 aromatic rings. The average molecular weight is 312 g/mol. The molecule has 4 heteroatoms. The zero-order valence-electron chi connectivity index (χ0n) is 16.5. The molecule has 0 aliphatic rings. The molecule has 0 aliphatic carbocycles. The summed E-state index contributed by atoms with van der Waals surface area (Å²) in [6.45, 7) is 19.3. The number of esters is 1. The van der Waals surface area contributed by atoms with Gasteiger partial charge in [-0.3, -0.25) is 4.79 Å². The molecule has 0 N–H and O–H groups in total. The number of methoxy groups -OCH3 is 1. The Morgan fingerprint density at radius 2 is 1.36 bits per heavy atom. The van der Waals surface area contributed by atoms with E-state index < -0.39 is 11.4 Å². The lowest BCUT2D eigenvalue weighted by Crippen LogP contribution is -2.23. The van der Waals surface area contributed by atoms with Gasteiger partial charge >= 0.3 is 5.97 Å². The van der Waals surface area contributed by atoms with Gasteiger partial charge in [-0.1, -0.05) is 41.5 Å². The first-order valence-electron chi connectivity index (χ1n) is 7.93. The molecule has 0 aromatic heterocycles. The van der Waals surface area contributed by atoms with E-state index in [0.29, 0.717) is 5.92 Å². The fourth-order valence-electron chi connectivity index (χ4n) is 1.37. The first kappa shape index (κ1) is 28.6. The Balaban J connectivity index is -0.000000120. The number of nitrogens with zero attached hydrogens (tertiary/aromatic N) is 2. The molecule has 0 unspecified atom stereocenters. The number of rotatable bonds is 3. The fourth-order valence-corrected chi connectivity index (χ4v) is 1.37. The van der Waals surface area contributed by atoms with Crippen molar-refractivity contribution in [2.24, 2.45) is 16.7 Å². The number of hydrogen-bond donors (Lipinski definition) is 0. The summed E-state index contributed by atoms with van der Waals surface area (Å²) in [5.74, 6) is 0.129. The lowest BCUT2D eigenvalue weighted by molar-refractivity contribution is -0.147. The smallest absolute Gasteiger partial charge is 0.325 e. The van der Waals surface area contributed by atoms with Crippen molar-refractivity contribution in [1.82, 2.24) is 0 Å². The van der Waals surface area contributed by atoms with Crippen LogP contribution in [-0.2, 0) is 9.53 Å². The first-order chi connectivity index (χ1) is 10.0. The molecule has 0 rings (SSSR count). The molecule has 4 nitrogen and oxygen atoms in total. The van der Waals surface area contributed by atoms with Gasteiger partial charge in [-0.25, -0.2) is 0 Å². The zero-order valence-corrected chi connectivity index (χ0v) is 16.5. The van der Waals surface area contributed by atoms with Crippen molar-refractivity contribution in [3.63, 3.8) is 0 Å². The molecule has 0 saturated carbocycles. The number of ether oxygens (including phenoxy) is 1. The minimum atomic E-state index is -1.01. The third kappa shape index (κ3) is 18.4. The van der Waals surface area contributed by atoms with Gasteiger partial charge in [0.05, 0.1) is 24.7 Å². The van der Waals surface area contributed by atoms with Crippen LogP contribution in [0.1, 0.15) is 75.7 Å². The van der Waals surface area contributed by atoms with Gasteiger partial charge in [0.2, 0.25) is 0 Å². The summed E-state index contributed by atoms with van der Waals surface area (Å²) in [6, 6.07) is 4.09. The number of nitriles is 2.